The summed E-state index contributed by atoms with van der Waals surface area (Å²) in [5.41, 5.74) is 3.25. The molecule has 0 saturated carbocycles. The fraction of sp³-hybridized carbons (Fsp3) is 0.250. The number of aryl methyl sites for hydroxylation is 1. The third-order valence-corrected chi connectivity index (χ3v) is 5.38. The van der Waals surface area contributed by atoms with Gasteiger partial charge in [-0.05, 0) is 77.7 Å². The molecule has 1 aromatic carbocycles. The SMILES string of the molecule is CCN(C)/C=N/c1cc(Br)c(OCc2cc(-c3ccc(F)cc3)ns2)nc1C. The van der Waals surface area contributed by atoms with E-state index in [2.05, 4.69) is 37.2 Å². The monoisotopic (exact) mass is 462 g/mol. The minimum Gasteiger partial charge on any atom is -0.471 e. The van der Waals surface area contributed by atoms with Crippen LogP contribution in [-0.2, 0) is 6.61 Å². The van der Waals surface area contributed by atoms with E-state index in [0.29, 0.717) is 12.5 Å². The van der Waals surface area contributed by atoms with Gasteiger partial charge in [0.1, 0.15) is 12.4 Å². The molecule has 28 heavy (non-hydrogen) atoms. The fourth-order valence-corrected chi connectivity index (χ4v) is 3.37. The Bertz CT molecular complexity index is 975. The van der Waals surface area contributed by atoms with Crippen molar-refractivity contribution >= 4 is 39.5 Å². The molecule has 0 N–H and O–H groups in total. The van der Waals surface area contributed by atoms with Crippen LogP contribution in [0.4, 0.5) is 10.1 Å². The minimum absolute atomic E-state index is 0.261. The maximum atomic E-state index is 13.1. The maximum Gasteiger partial charge on any atom is 0.228 e. The Hall–Kier alpha value is -2.32. The van der Waals surface area contributed by atoms with E-state index in [-0.39, 0.29) is 5.82 Å². The molecule has 0 radical (unpaired) electrons. The second kappa shape index (κ2) is 9.25. The molecule has 8 heteroatoms. The summed E-state index contributed by atoms with van der Waals surface area (Å²) in [6.07, 6.45) is 1.78. The van der Waals surface area contributed by atoms with Crippen molar-refractivity contribution < 1.29 is 9.13 Å². The van der Waals surface area contributed by atoms with Gasteiger partial charge in [-0.3, -0.25) is 0 Å². The molecule has 0 saturated heterocycles. The van der Waals surface area contributed by atoms with Crippen molar-refractivity contribution in [1.82, 2.24) is 14.3 Å². The van der Waals surface area contributed by atoms with Crippen molar-refractivity contribution in [2.75, 3.05) is 13.6 Å². The predicted octanol–water partition coefficient (Wildman–Crippen LogP) is 5.61. The number of hydrogen-bond acceptors (Lipinski definition) is 5. The Morgan fingerprint density at radius 1 is 1.29 bits per heavy atom. The highest BCUT2D eigenvalue weighted by Gasteiger charge is 2.11. The number of ether oxygens (including phenoxy) is 1. The molecule has 0 fully saturated rings. The average Bonchev–Trinajstić information content (AvgIpc) is 3.16. The van der Waals surface area contributed by atoms with Gasteiger partial charge in [0.05, 0.1) is 32.8 Å². The predicted molar refractivity (Wildman–Crippen MR) is 115 cm³/mol. The average molecular weight is 463 g/mol. The van der Waals surface area contributed by atoms with Crippen LogP contribution in [0.5, 0.6) is 5.88 Å². The number of nitrogens with zero attached hydrogens (tertiary/aromatic N) is 4. The van der Waals surface area contributed by atoms with E-state index in [1.807, 2.05) is 31.0 Å². The lowest BCUT2D eigenvalue weighted by atomic mass is 10.1. The summed E-state index contributed by atoms with van der Waals surface area (Å²) in [5.74, 6) is 0.250. The van der Waals surface area contributed by atoms with Crippen molar-refractivity contribution in [1.29, 1.82) is 0 Å². The molecule has 2 heterocycles. The van der Waals surface area contributed by atoms with Crippen LogP contribution in [0.1, 0.15) is 17.5 Å². The number of pyridine rings is 1. The van der Waals surface area contributed by atoms with Gasteiger partial charge >= 0.3 is 0 Å². The Morgan fingerprint density at radius 3 is 2.75 bits per heavy atom. The number of aliphatic imine (C=N–C) groups is 1. The summed E-state index contributed by atoms with van der Waals surface area (Å²) in [4.78, 5) is 11.9. The van der Waals surface area contributed by atoms with Crippen LogP contribution in [0, 0.1) is 12.7 Å². The molecule has 146 valence electrons. The molecule has 0 aliphatic heterocycles. The first-order valence-electron chi connectivity index (χ1n) is 8.72. The number of benzene rings is 1. The van der Waals surface area contributed by atoms with Crippen molar-refractivity contribution in [3.8, 4) is 17.1 Å². The first-order chi connectivity index (χ1) is 13.5. The first kappa shape index (κ1) is 20.4. The Kier molecular flexibility index (Phi) is 6.74. The van der Waals surface area contributed by atoms with E-state index >= 15 is 0 Å². The van der Waals surface area contributed by atoms with Crippen molar-refractivity contribution in [2.24, 2.45) is 4.99 Å². The summed E-state index contributed by atoms with van der Waals surface area (Å²) in [6, 6.07) is 10.1. The normalized spacial score (nSPS) is 11.2. The molecule has 3 rings (SSSR count). The third kappa shape index (κ3) is 5.14. The highest BCUT2D eigenvalue weighted by atomic mass is 79.9. The molecule has 0 aliphatic rings. The van der Waals surface area contributed by atoms with Crippen LogP contribution in [-0.4, -0.2) is 34.2 Å². The van der Waals surface area contributed by atoms with E-state index in [9.17, 15) is 4.39 Å². The lowest BCUT2D eigenvalue weighted by Crippen LogP contribution is -2.14. The lowest BCUT2D eigenvalue weighted by Gasteiger charge is -2.11. The molecular weight excluding hydrogens is 443 g/mol. The van der Waals surface area contributed by atoms with Crippen LogP contribution in [0.25, 0.3) is 11.3 Å². The van der Waals surface area contributed by atoms with Gasteiger partial charge in [-0.15, -0.1) is 0 Å². The first-order valence-corrected chi connectivity index (χ1v) is 10.3. The van der Waals surface area contributed by atoms with Crippen LogP contribution in [0.15, 0.2) is 45.9 Å². The van der Waals surface area contributed by atoms with Crippen LogP contribution >= 0.6 is 27.5 Å². The zero-order chi connectivity index (χ0) is 20.1. The second-order valence-corrected chi connectivity index (χ2v) is 7.92. The molecular formula is C20H20BrFN4OS. The van der Waals surface area contributed by atoms with Crippen molar-refractivity contribution in [2.45, 2.75) is 20.5 Å². The van der Waals surface area contributed by atoms with E-state index in [4.69, 9.17) is 4.74 Å². The molecule has 0 spiro atoms. The Balaban J connectivity index is 1.68. The zero-order valence-electron chi connectivity index (χ0n) is 15.8. The number of hydrogen-bond donors (Lipinski definition) is 0. The van der Waals surface area contributed by atoms with Crippen molar-refractivity contribution in [3.05, 3.63) is 57.3 Å². The molecule has 0 atom stereocenters. The largest absolute Gasteiger partial charge is 0.471 e. The smallest absolute Gasteiger partial charge is 0.228 e. The van der Waals surface area contributed by atoms with Crippen molar-refractivity contribution in [3.63, 3.8) is 0 Å². The van der Waals surface area contributed by atoms with Gasteiger partial charge in [-0.1, -0.05) is 0 Å². The number of aromatic nitrogens is 2. The van der Waals surface area contributed by atoms with Gasteiger partial charge in [0.25, 0.3) is 0 Å². The van der Waals surface area contributed by atoms with Crippen LogP contribution < -0.4 is 4.74 Å². The highest BCUT2D eigenvalue weighted by Crippen LogP contribution is 2.31. The molecule has 0 bridgehead atoms. The molecule has 0 amide bonds. The fourth-order valence-electron chi connectivity index (χ4n) is 2.30. The highest BCUT2D eigenvalue weighted by molar-refractivity contribution is 9.10. The molecule has 0 aliphatic carbocycles. The quantitative estimate of drug-likeness (QED) is 0.338. The van der Waals surface area contributed by atoms with Gasteiger partial charge < -0.3 is 9.64 Å². The van der Waals surface area contributed by atoms with Gasteiger partial charge in [-0.25, -0.2) is 14.4 Å². The van der Waals surface area contributed by atoms with E-state index < -0.39 is 0 Å². The standard InChI is InChI=1S/C20H20BrFN4OS/c1-4-26(3)12-23-18-10-17(21)20(24-13(18)2)27-11-16-9-19(25-28-16)14-5-7-15(22)8-6-14/h5-10,12H,4,11H2,1-3H3/b23-12+. The third-order valence-electron chi connectivity index (χ3n) is 4.05. The number of rotatable bonds is 7. The zero-order valence-corrected chi connectivity index (χ0v) is 18.2. The van der Waals surface area contributed by atoms with Gasteiger partial charge in [0.2, 0.25) is 5.88 Å². The maximum absolute atomic E-state index is 13.1. The van der Waals surface area contributed by atoms with Gasteiger partial charge in [0.15, 0.2) is 0 Å². The topological polar surface area (TPSA) is 50.6 Å². The Morgan fingerprint density at radius 2 is 2.04 bits per heavy atom. The second-order valence-electron chi connectivity index (χ2n) is 6.17. The van der Waals surface area contributed by atoms with E-state index in [0.717, 1.165) is 38.5 Å². The van der Waals surface area contributed by atoms with Crippen LogP contribution in [0.3, 0.4) is 0 Å². The van der Waals surface area contributed by atoms with Gasteiger partial charge in [-0.2, -0.15) is 4.37 Å². The molecule has 0 unspecified atom stereocenters. The van der Waals surface area contributed by atoms with Gasteiger partial charge in [0, 0.05) is 19.2 Å². The summed E-state index contributed by atoms with van der Waals surface area (Å²) >= 11 is 4.86. The molecule has 2 aromatic heterocycles. The minimum atomic E-state index is -0.261. The molecule has 3 aromatic rings. The summed E-state index contributed by atoms with van der Waals surface area (Å²) < 4.78 is 24.1. The lowest BCUT2D eigenvalue weighted by molar-refractivity contribution is 0.294. The molecule has 5 nitrogen and oxygen atoms in total. The summed E-state index contributed by atoms with van der Waals surface area (Å²) in [5, 5.41) is 0. The summed E-state index contributed by atoms with van der Waals surface area (Å²) in [7, 11) is 1.97. The summed E-state index contributed by atoms with van der Waals surface area (Å²) in [6.45, 7) is 5.19. The van der Waals surface area contributed by atoms with E-state index in [1.54, 1.807) is 18.5 Å². The van der Waals surface area contributed by atoms with E-state index in [1.165, 1.54) is 23.7 Å². The Labute approximate surface area is 176 Å². The van der Waals surface area contributed by atoms with Crippen LogP contribution in [0.2, 0.25) is 0 Å². The number of halogens is 2.